The van der Waals surface area contributed by atoms with Gasteiger partial charge in [0.1, 0.15) is 0 Å². The third kappa shape index (κ3) is 4.95. The number of carbonyl (C=O) groups excluding carboxylic acids is 1. The highest BCUT2D eigenvalue weighted by molar-refractivity contribution is 7.16. The van der Waals surface area contributed by atoms with Crippen LogP contribution in [-0.4, -0.2) is 23.5 Å². The summed E-state index contributed by atoms with van der Waals surface area (Å²) in [6.07, 6.45) is 0.786. The van der Waals surface area contributed by atoms with Crippen LogP contribution in [-0.2, 0) is 0 Å². The summed E-state index contributed by atoms with van der Waals surface area (Å²) >= 11 is 1.54. The molecule has 19 heavy (non-hydrogen) atoms. The molecule has 1 aromatic heterocycles. The molecular weight excluding hydrogens is 305 g/mol. The van der Waals surface area contributed by atoms with Crippen molar-refractivity contribution < 1.29 is 4.79 Å². The summed E-state index contributed by atoms with van der Waals surface area (Å²) in [5, 5.41) is 2.85. The Morgan fingerprint density at radius 3 is 2.89 bits per heavy atom. The van der Waals surface area contributed by atoms with Crippen molar-refractivity contribution >= 4 is 52.3 Å². The topological polar surface area (TPSA) is 68.0 Å². The Balaban J connectivity index is 0.00000162. The maximum atomic E-state index is 11.8. The fraction of sp³-hybridized carbons (Fsp3) is 0.333. The SMILES string of the molecule is CC(N)CCNC(=O)c1ccc2ncsc2c1.Cl.Cl. The number of nitrogens with two attached hydrogens (primary N) is 1. The summed E-state index contributed by atoms with van der Waals surface area (Å²) in [7, 11) is 0. The van der Waals surface area contributed by atoms with Gasteiger partial charge >= 0.3 is 0 Å². The number of aromatic nitrogens is 1. The molecule has 1 amide bonds. The van der Waals surface area contributed by atoms with E-state index in [4.69, 9.17) is 5.73 Å². The first-order valence-electron chi connectivity index (χ1n) is 5.54. The van der Waals surface area contributed by atoms with E-state index >= 15 is 0 Å². The molecular formula is C12H17Cl2N3OS. The van der Waals surface area contributed by atoms with E-state index in [1.165, 1.54) is 11.3 Å². The number of benzene rings is 1. The van der Waals surface area contributed by atoms with Gasteiger partial charge in [-0.3, -0.25) is 4.79 Å². The molecule has 0 saturated carbocycles. The first-order valence-corrected chi connectivity index (χ1v) is 6.42. The molecule has 0 radical (unpaired) electrons. The lowest BCUT2D eigenvalue weighted by atomic mass is 10.2. The molecule has 1 heterocycles. The van der Waals surface area contributed by atoms with Gasteiger partial charge in [0.15, 0.2) is 0 Å². The molecule has 3 N–H and O–H groups in total. The van der Waals surface area contributed by atoms with Crippen LogP contribution in [0, 0.1) is 0 Å². The van der Waals surface area contributed by atoms with Gasteiger partial charge in [0.05, 0.1) is 15.7 Å². The van der Waals surface area contributed by atoms with Crippen molar-refractivity contribution in [1.29, 1.82) is 0 Å². The minimum Gasteiger partial charge on any atom is -0.352 e. The van der Waals surface area contributed by atoms with Crippen LogP contribution in [0.5, 0.6) is 0 Å². The van der Waals surface area contributed by atoms with Crippen molar-refractivity contribution in [2.24, 2.45) is 5.73 Å². The number of rotatable bonds is 4. The zero-order chi connectivity index (χ0) is 12.3. The number of amides is 1. The number of hydrogen-bond acceptors (Lipinski definition) is 4. The summed E-state index contributed by atoms with van der Waals surface area (Å²) in [5.41, 5.74) is 9.01. The molecule has 7 heteroatoms. The first kappa shape index (κ1) is 18.1. The summed E-state index contributed by atoms with van der Waals surface area (Å²) in [5.74, 6) is -0.0547. The van der Waals surface area contributed by atoms with E-state index < -0.39 is 0 Å². The zero-order valence-corrected chi connectivity index (χ0v) is 12.9. The quantitative estimate of drug-likeness (QED) is 0.909. The summed E-state index contributed by atoms with van der Waals surface area (Å²) in [6.45, 7) is 2.53. The van der Waals surface area contributed by atoms with E-state index in [-0.39, 0.29) is 36.8 Å². The molecule has 0 aliphatic carbocycles. The Bertz CT molecular complexity index is 530. The monoisotopic (exact) mass is 321 g/mol. The van der Waals surface area contributed by atoms with Crippen LogP contribution in [0.4, 0.5) is 0 Å². The van der Waals surface area contributed by atoms with E-state index in [2.05, 4.69) is 10.3 Å². The van der Waals surface area contributed by atoms with Crippen LogP contribution in [0.15, 0.2) is 23.7 Å². The summed E-state index contributed by atoms with van der Waals surface area (Å²) < 4.78 is 1.03. The molecule has 1 aromatic carbocycles. The van der Waals surface area contributed by atoms with Gasteiger partial charge in [-0.1, -0.05) is 0 Å². The van der Waals surface area contributed by atoms with Crippen molar-refractivity contribution in [3.05, 3.63) is 29.3 Å². The van der Waals surface area contributed by atoms with Crippen molar-refractivity contribution in [3.8, 4) is 0 Å². The van der Waals surface area contributed by atoms with E-state index in [1.807, 2.05) is 19.1 Å². The fourth-order valence-corrected chi connectivity index (χ4v) is 2.23. The molecule has 0 fully saturated rings. The van der Waals surface area contributed by atoms with Crippen LogP contribution in [0.2, 0.25) is 0 Å². The number of hydrogen-bond donors (Lipinski definition) is 2. The van der Waals surface area contributed by atoms with Crippen molar-refractivity contribution in [2.75, 3.05) is 6.54 Å². The Labute approximate surface area is 128 Å². The molecule has 0 aliphatic rings. The van der Waals surface area contributed by atoms with Crippen LogP contribution in [0.25, 0.3) is 10.2 Å². The Morgan fingerprint density at radius 2 is 2.21 bits per heavy atom. The third-order valence-corrected chi connectivity index (χ3v) is 3.27. The normalized spacial score (nSPS) is 11.3. The number of carbonyl (C=O) groups is 1. The number of fused-ring (bicyclic) bond motifs is 1. The molecule has 4 nitrogen and oxygen atoms in total. The van der Waals surface area contributed by atoms with E-state index in [9.17, 15) is 4.79 Å². The standard InChI is InChI=1S/C12H15N3OS.2ClH/c1-8(13)4-5-14-12(16)9-2-3-10-11(6-9)17-7-15-10;;/h2-3,6-8H,4-5,13H2,1H3,(H,14,16);2*1H. The molecule has 0 bridgehead atoms. The van der Waals surface area contributed by atoms with Gasteiger partial charge in [0.2, 0.25) is 0 Å². The van der Waals surface area contributed by atoms with Gasteiger partial charge < -0.3 is 11.1 Å². The number of halogens is 2. The maximum Gasteiger partial charge on any atom is 0.251 e. The van der Waals surface area contributed by atoms with Crippen molar-refractivity contribution in [2.45, 2.75) is 19.4 Å². The highest BCUT2D eigenvalue weighted by atomic mass is 35.5. The second kappa shape index (κ2) is 8.32. The van der Waals surface area contributed by atoms with Crippen molar-refractivity contribution in [1.82, 2.24) is 10.3 Å². The van der Waals surface area contributed by atoms with Crippen LogP contribution in [0.1, 0.15) is 23.7 Å². The van der Waals surface area contributed by atoms with Gasteiger partial charge in [-0.25, -0.2) is 4.98 Å². The number of nitrogens with zero attached hydrogens (tertiary/aromatic N) is 1. The molecule has 0 saturated heterocycles. The minimum atomic E-state index is -0.0547. The summed E-state index contributed by atoms with van der Waals surface area (Å²) in [4.78, 5) is 16.0. The largest absolute Gasteiger partial charge is 0.352 e. The average molecular weight is 322 g/mol. The average Bonchev–Trinajstić information content (AvgIpc) is 2.75. The van der Waals surface area contributed by atoms with Crippen molar-refractivity contribution in [3.63, 3.8) is 0 Å². The molecule has 2 aromatic rings. The van der Waals surface area contributed by atoms with Gasteiger partial charge in [-0.05, 0) is 31.5 Å². The predicted octanol–water partition coefficient (Wildman–Crippen LogP) is 2.61. The third-order valence-electron chi connectivity index (χ3n) is 2.48. The van der Waals surface area contributed by atoms with Gasteiger partial charge in [-0.15, -0.1) is 36.2 Å². The lowest BCUT2D eigenvalue weighted by molar-refractivity contribution is 0.0953. The Hall–Kier alpha value is -0.880. The predicted molar refractivity (Wildman–Crippen MR) is 84.7 cm³/mol. The molecule has 106 valence electrons. The second-order valence-corrected chi connectivity index (χ2v) is 4.94. The zero-order valence-electron chi connectivity index (χ0n) is 10.5. The molecule has 1 unspecified atom stereocenters. The van der Waals surface area contributed by atoms with Gasteiger partial charge in [0, 0.05) is 18.2 Å². The van der Waals surface area contributed by atoms with Crippen LogP contribution in [0.3, 0.4) is 0 Å². The lowest BCUT2D eigenvalue weighted by Gasteiger charge is -2.07. The number of thiazole rings is 1. The lowest BCUT2D eigenvalue weighted by Crippen LogP contribution is -2.28. The van der Waals surface area contributed by atoms with Gasteiger partial charge in [-0.2, -0.15) is 0 Å². The fourth-order valence-electron chi connectivity index (χ4n) is 1.51. The Kier molecular flexibility index (Phi) is 7.94. The highest BCUT2D eigenvalue weighted by Crippen LogP contribution is 2.18. The van der Waals surface area contributed by atoms with E-state index in [0.29, 0.717) is 12.1 Å². The highest BCUT2D eigenvalue weighted by Gasteiger charge is 2.07. The van der Waals surface area contributed by atoms with Crippen LogP contribution < -0.4 is 11.1 Å². The molecule has 2 rings (SSSR count). The van der Waals surface area contributed by atoms with Crippen LogP contribution >= 0.6 is 36.2 Å². The van der Waals surface area contributed by atoms with E-state index in [0.717, 1.165) is 16.6 Å². The first-order chi connectivity index (χ1) is 8.16. The maximum absolute atomic E-state index is 11.8. The van der Waals surface area contributed by atoms with Gasteiger partial charge in [0.25, 0.3) is 5.91 Å². The number of nitrogens with one attached hydrogen (secondary N) is 1. The molecule has 1 atom stereocenters. The van der Waals surface area contributed by atoms with E-state index in [1.54, 1.807) is 11.6 Å². The summed E-state index contributed by atoms with van der Waals surface area (Å²) in [6, 6.07) is 5.64. The second-order valence-electron chi connectivity index (χ2n) is 4.06. The molecule has 0 aliphatic heterocycles. The molecule has 0 spiro atoms. The minimum absolute atomic E-state index is 0. The smallest absolute Gasteiger partial charge is 0.251 e. The Morgan fingerprint density at radius 1 is 1.47 bits per heavy atom.